The highest BCUT2D eigenvalue weighted by atomic mass is 19.1. The topological polar surface area (TPSA) is 111 Å². The van der Waals surface area contributed by atoms with Gasteiger partial charge < -0.3 is 20.5 Å². The first kappa shape index (κ1) is 21.8. The van der Waals surface area contributed by atoms with Gasteiger partial charge in [-0.1, -0.05) is 0 Å². The molecule has 32 heavy (non-hydrogen) atoms. The van der Waals surface area contributed by atoms with Gasteiger partial charge in [0.2, 0.25) is 5.88 Å². The predicted molar refractivity (Wildman–Crippen MR) is 119 cm³/mol. The average Bonchev–Trinajstić information content (AvgIpc) is 2.79. The number of pyridine rings is 2. The van der Waals surface area contributed by atoms with Gasteiger partial charge in [-0.2, -0.15) is 0 Å². The van der Waals surface area contributed by atoms with Gasteiger partial charge in [0.05, 0.1) is 37.9 Å². The Bertz CT molecular complexity index is 1090. The standard InChI is InChI=1S/C22H26FN7O2/c1-13(30-4-6-32-7-5-30)15-8-17(19-10-20(24)28-14(2)27-19)21(25-11-15)29-16-9-18(23)22(31-3)26-12-16/h8-13H,4-7H2,1-3H3,(H,25,29)(H2,24,27,28)/t13-/m1/s1. The van der Waals surface area contributed by atoms with Crippen LogP contribution in [0.15, 0.2) is 30.6 Å². The van der Waals surface area contributed by atoms with E-state index in [1.54, 1.807) is 13.0 Å². The largest absolute Gasteiger partial charge is 0.479 e. The number of ether oxygens (including phenoxy) is 2. The van der Waals surface area contributed by atoms with Crippen molar-refractivity contribution in [2.45, 2.75) is 19.9 Å². The quantitative estimate of drug-likeness (QED) is 0.598. The summed E-state index contributed by atoms with van der Waals surface area (Å²) in [6.45, 7) is 7.05. The summed E-state index contributed by atoms with van der Waals surface area (Å²) in [4.78, 5) is 19.7. The number of methoxy groups -OCH3 is 1. The molecular formula is C22H26FN7O2. The number of nitrogens with one attached hydrogen (secondary N) is 1. The number of halogens is 1. The van der Waals surface area contributed by atoms with Gasteiger partial charge >= 0.3 is 0 Å². The summed E-state index contributed by atoms with van der Waals surface area (Å²) in [5.41, 5.74) is 8.80. The molecule has 4 heterocycles. The number of hydrogen-bond acceptors (Lipinski definition) is 9. The smallest absolute Gasteiger partial charge is 0.250 e. The molecule has 0 amide bonds. The van der Waals surface area contributed by atoms with Crippen molar-refractivity contribution in [1.82, 2.24) is 24.8 Å². The minimum atomic E-state index is -0.571. The van der Waals surface area contributed by atoms with Crippen molar-refractivity contribution in [2.24, 2.45) is 0 Å². The van der Waals surface area contributed by atoms with Crippen LogP contribution in [-0.4, -0.2) is 58.2 Å². The van der Waals surface area contributed by atoms with Crippen molar-refractivity contribution in [3.63, 3.8) is 0 Å². The highest BCUT2D eigenvalue weighted by molar-refractivity contribution is 5.77. The normalized spacial score (nSPS) is 15.4. The number of nitrogens with zero attached hydrogens (tertiary/aromatic N) is 5. The minimum absolute atomic E-state index is 0.0717. The molecule has 1 saturated heterocycles. The summed E-state index contributed by atoms with van der Waals surface area (Å²) in [5, 5.41) is 3.14. The molecule has 1 aliphatic rings. The van der Waals surface area contributed by atoms with Gasteiger partial charge in [0, 0.05) is 43.0 Å². The van der Waals surface area contributed by atoms with Crippen LogP contribution in [0.1, 0.15) is 24.4 Å². The van der Waals surface area contributed by atoms with Crippen molar-refractivity contribution in [3.05, 3.63) is 47.8 Å². The summed E-state index contributed by atoms with van der Waals surface area (Å²) in [6, 6.07) is 5.18. The Labute approximate surface area is 185 Å². The molecule has 0 bridgehead atoms. The van der Waals surface area contributed by atoms with E-state index in [2.05, 4.69) is 37.1 Å². The van der Waals surface area contributed by atoms with Crippen LogP contribution in [0, 0.1) is 12.7 Å². The van der Waals surface area contributed by atoms with E-state index in [9.17, 15) is 4.39 Å². The number of aromatic nitrogens is 4. The van der Waals surface area contributed by atoms with Crippen molar-refractivity contribution in [3.8, 4) is 17.1 Å². The predicted octanol–water partition coefficient (Wildman–Crippen LogP) is 3.11. The third-order valence-electron chi connectivity index (χ3n) is 5.38. The molecule has 1 fully saturated rings. The van der Waals surface area contributed by atoms with Crippen LogP contribution in [0.4, 0.5) is 21.7 Å². The lowest BCUT2D eigenvalue weighted by molar-refractivity contribution is 0.0198. The summed E-state index contributed by atoms with van der Waals surface area (Å²) >= 11 is 0. The van der Waals surface area contributed by atoms with E-state index in [1.807, 2.05) is 12.3 Å². The van der Waals surface area contributed by atoms with Crippen LogP contribution >= 0.6 is 0 Å². The molecule has 1 atom stereocenters. The van der Waals surface area contributed by atoms with Gasteiger partial charge in [-0.05, 0) is 25.5 Å². The second-order valence-corrected chi connectivity index (χ2v) is 7.55. The van der Waals surface area contributed by atoms with E-state index in [-0.39, 0.29) is 11.9 Å². The van der Waals surface area contributed by atoms with Gasteiger partial charge in [-0.3, -0.25) is 4.90 Å². The molecule has 168 valence electrons. The molecule has 9 nitrogen and oxygen atoms in total. The van der Waals surface area contributed by atoms with Crippen molar-refractivity contribution in [2.75, 3.05) is 44.5 Å². The van der Waals surface area contributed by atoms with Crippen molar-refractivity contribution < 1.29 is 13.9 Å². The average molecular weight is 439 g/mol. The maximum Gasteiger partial charge on any atom is 0.250 e. The number of hydrogen-bond donors (Lipinski definition) is 2. The van der Waals surface area contributed by atoms with Crippen LogP contribution in [-0.2, 0) is 4.74 Å². The fraction of sp³-hybridized carbons (Fsp3) is 0.364. The molecule has 0 aliphatic carbocycles. The lowest BCUT2D eigenvalue weighted by Gasteiger charge is -2.32. The van der Waals surface area contributed by atoms with Crippen LogP contribution in [0.25, 0.3) is 11.3 Å². The maximum absolute atomic E-state index is 14.2. The third-order valence-corrected chi connectivity index (χ3v) is 5.38. The lowest BCUT2D eigenvalue weighted by atomic mass is 10.0. The van der Waals surface area contributed by atoms with Crippen LogP contribution in [0.5, 0.6) is 5.88 Å². The second-order valence-electron chi connectivity index (χ2n) is 7.55. The third kappa shape index (κ3) is 4.76. The molecule has 3 aromatic heterocycles. The zero-order valence-corrected chi connectivity index (χ0v) is 18.3. The van der Waals surface area contributed by atoms with Gasteiger partial charge in [-0.25, -0.2) is 24.3 Å². The number of aryl methyl sites for hydroxylation is 1. The molecular weight excluding hydrogens is 413 g/mol. The van der Waals surface area contributed by atoms with Crippen LogP contribution in [0.3, 0.4) is 0 Å². The number of nitrogens with two attached hydrogens (primary N) is 1. The first-order chi connectivity index (χ1) is 15.4. The number of anilines is 3. The molecule has 3 aromatic rings. The van der Waals surface area contributed by atoms with Crippen molar-refractivity contribution in [1.29, 1.82) is 0 Å². The summed E-state index contributed by atoms with van der Waals surface area (Å²) in [5.74, 6) is 0.778. The molecule has 0 aromatic carbocycles. The molecule has 3 N–H and O–H groups in total. The number of nitrogen functional groups attached to an aromatic ring is 1. The van der Waals surface area contributed by atoms with Gasteiger partial charge in [0.15, 0.2) is 5.82 Å². The SMILES string of the molecule is COc1ncc(Nc2ncc([C@@H](C)N3CCOCC3)cc2-c2cc(N)nc(C)n2)cc1F. The molecule has 10 heteroatoms. The first-order valence-electron chi connectivity index (χ1n) is 10.3. The highest BCUT2D eigenvalue weighted by Gasteiger charge is 2.21. The fourth-order valence-electron chi connectivity index (χ4n) is 3.69. The van der Waals surface area contributed by atoms with E-state index < -0.39 is 5.82 Å². The Morgan fingerprint density at radius 2 is 1.94 bits per heavy atom. The Hall–Kier alpha value is -3.37. The fourth-order valence-corrected chi connectivity index (χ4v) is 3.69. The van der Waals surface area contributed by atoms with E-state index in [0.717, 1.165) is 24.2 Å². The monoisotopic (exact) mass is 439 g/mol. The van der Waals surface area contributed by atoms with Gasteiger partial charge in [0.1, 0.15) is 17.5 Å². The number of rotatable bonds is 6. The van der Waals surface area contributed by atoms with E-state index in [1.165, 1.54) is 19.4 Å². The Morgan fingerprint density at radius 1 is 1.16 bits per heavy atom. The van der Waals surface area contributed by atoms with E-state index >= 15 is 0 Å². The maximum atomic E-state index is 14.2. The van der Waals surface area contributed by atoms with Gasteiger partial charge in [0.25, 0.3) is 0 Å². The molecule has 1 aliphatic heterocycles. The summed E-state index contributed by atoms with van der Waals surface area (Å²) in [7, 11) is 1.37. The zero-order chi connectivity index (χ0) is 22.7. The summed E-state index contributed by atoms with van der Waals surface area (Å²) in [6.07, 6.45) is 3.30. The molecule has 4 rings (SSSR count). The second kappa shape index (κ2) is 9.41. The van der Waals surface area contributed by atoms with E-state index in [4.69, 9.17) is 15.2 Å². The highest BCUT2D eigenvalue weighted by Crippen LogP contribution is 2.32. The molecule has 0 spiro atoms. The summed E-state index contributed by atoms with van der Waals surface area (Å²) < 4.78 is 24.5. The molecule has 0 unspecified atom stereocenters. The Balaban J connectivity index is 1.74. The van der Waals surface area contributed by atoms with Gasteiger partial charge in [-0.15, -0.1) is 0 Å². The van der Waals surface area contributed by atoms with E-state index in [0.29, 0.717) is 42.1 Å². The minimum Gasteiger partial charge on any atom is -0.479 e. The zero-order valence-electron chi connectivity index (χ0n) is 18.3. The lowest BCUT2D eigenvalue weighted by Crippen LogP contribution is -2.38. The first-order valence-corrected chi connectivity index (χ1v) is 10.3. The van der Waals surface area contributed by atoms with Crippen LogP contribution < -0.4 is 15.8 Å². The molecule has 0 radical (unpaired) electrons. The Morgan fingerprint density at radius 3 is 2.62 bits per heavy atom. The molecule has 0 saturated carbocycles. The Kier molecular flexibility index (Phi) is 6.42. The number of morpholine rings is 1. The van der Waals surface area contributed by atoms with Crippen molar-refractivity contribution >= 4 is 17.3 Å². The van der Waals surface area contributed by atoms with Crippen LogP contribution in [0.2, 0.25) is 0 Å².